The normalized spacial score (nSPS) is 14.1. The minimum atomic E-state index is -0.373. The molecule has 1 aromatic heterocycles. The molecule has 1 heterocycles. The Hall–Kier alpha value is -1.62. The van der Waals surface area contributed by atoms with Crippen molar-refractivity contribution in [1.82, 2.24) is 4.98 Å². The Balaban J connectivity index is 2.99. The molecular weight excluding hydrogens is 242 g/mol. The molecule has 0 saturated heterocycles. The number of anilines is 1. The lowest BCUT2D eigenvalue weighted by molar-refractivity contribution is 0.0599. The first kappa shape index (κ1) is 15.4. The summed E-state index contributed by atoms with van der Waals surface area (Å²) in [5, 5.41) is 3.34. The molecule has 0 aliphatic carbocycles. The zero-order chi connectivity index (χ0) is 14.6. The number of esters is 1. The van der Waals surface area contributed by atoms with Crippen molar-refractivity contribution in [3.8, 4) is 0 Å². The molecule has 0 amide bonds. The van der Waals surface area contributed by atoms with Crippen LogP contribution >= 0.6 is 0 Å². The number of methoxy groups -OCH3 is 1. The van der Waals surface area contributed by atoms with Gasteiger partial charge in [0.2, 0.25) is 0 Å². The fourth-order valence-corrected chi connectivity index (χ4v) is 1.68. The number of hydrogen-bond acceptors (Lipinski definition) is 5. The first-order chi connectivity index (χ1) is 8.84. The molecule has 0 radical (unpaired) electrons. The van der Waals surface area contributed by atoms with Crippen LogP contribution in [0.5, 0.6) is 0 Å². The Morgan fingerprint density at radius 2 is 2.16 bits per heavy atom. The van der Waals surface area contributed by atoms with Crippen molar-refractivity contribution in [2.45, 2.75) is 33.2 Å². The summed E-state index contributed by atoms with van der Waals surface area (Å²) in [6.07, 6.45) is 0. The van der Waals surface area contributed by atoms with Crippen molar-refractivity contribution in [2.75, 3.05) is 19.0 Å². The van der Waals surface area contributed by atoms with E-state index in [1.165, 1.54) is 7.11 Å². The van der Waals surface area contributed by atoms with Crippen LogP contribution in [-0.2, 0) is 4.74 Å². The van der Waals surface area contributed by atoms with Gasteiger partial charge >= 0.3 is 5.97 Å². The minimum Gasteiger partial charge on any atom is -0.465 e. The Morgan fingerprint density at radius 3 is 2.58 bits per heavy atom. The molecule has 0 spiro atoms. The van der Waals surface area contributed by atoms with E-state index in [9.17, 15) is 4.79 Å². The van der Waals surface area contributed by atoms with Crippen LogP contribution in [0.2, 0.25) is 0 Å². The van der Waals surface area contributed by atoms with E-state index in [-0.39, 0.29) is 11.5 Å². The van der Waals surface area contributed by atoms with Gasteiger partial charge in [-0.05, 0) is 31.9 Å². The first-order valence-corrected chi connectivity index (χ1v) is 6.38. The van der Waals surface area contributed by atoms with Crippen LogP contribution in [0.25, 0.3) is 0 Å². The van der Waals surface area contributed by atoms with Crippen LogP contribution in [0.15, 0.2) is 12.1 Å². The van der Waals surface area contributed by atoms with Gasteiger partial charge in [0.05, 0.1) is 23.9 Å². The second-order valence-corrected chi connectivity index (χ2v) is 5.22. The van der Waals surface area contributed by atoms with Gasteiger partial charge in [-0.1, -0.05) is 13.8 Å². The predicted octanol–water partition coefficient (Wildman–Crippen LogP) is 1.96. The zero-order valence-electron chi connectivity index (χ0n) is 12.3. The number of nitrogens with zero attached hydrogens (tertiary/aromatic N) is 1. The van der Waals surface area contributed by atoms with Crippen LogP contribution in [0, 0.1) is 12.8 Å². The molecule has 5 nitrogen and oxygen atoms in total. The molecule has 3 N–H and O–H groups in total. The van der Waals surface area contributed by atoms with E-state index in [0.717, 1.165) is 0 Å². The minimum absolute atomic E-state index is 0.230. The standard InChI is InChI=1S/C14H23N3O2/c1-9(2)14(4,8-15)17-12-7-6-11(10(3)16-12)13(18)19-5/h6-7,9H,8,15H2,1-5H3,(H,16,17). The van der Waals surface area contributed by atoms with E-state index < -0.39 is 0 Å². The third-order valence-corrected chi connectivity index (χ3v) is 3.60. The van der Waals surface area contributed by atoms with Gasteiger partial charge in [-0.3, -0.25) is 0 Å². The highest BCUT2D eigenvalue weighted by Gasteiger charge is 2.27. The highest BCUT2D eigenvalue weighted by molar-refractivity contribution is 5.90. The van der Waals surface area contributed by atoms with Crippen LogP contribution in [0.4, 0.5) is 5.82 Å². The van der Waals surface area contributed by atoms with Crippen molar-refractivity contribution >= 4 is 11.8 Å². The van der Waals surface area contributed by atoms with Gasteiger partial charge < -0.3 is 15.8 Å². The molecule has 5 heteroatoms. The summed E-state index contributed by atoms with van der Waals surface area (Å²) in [5.41, 5.74) is 6.72. The SMILES string of the molecule is COC(=O)c1ccc(NC(C)(CN)C(C)C)nc1C. The molecule has 1 unspecified atom stereocenters. The van der Waals surface area contributed by atoms with Crippen LogP contribution in [0.3, 0.4) is 0 Å². The Bertz CT molecular complexity index is 460. The average Bonchev–Trinajstić information content (AvgIpc) is 2.37. The van der Waals surface area contributed by atoms with Crippen LogP contribution in [-0.4, -0.2) is 30.1 Å². The molecule has 0 aliphatic heterocycles. The monoisotopic (exact) mass is 265 g/mol. The van der Waals surface area contributed by atoms with Gasteiger partial charge in [0.25, 0.3) is 0 Å². The van der Waals surface area contributed by atoms with Gasteiger partial charge in [0.1, 0.15) is 5.82 Å². The number of rotatable bonds is 5. The lowest BCUT2D eigenvalue weighted by Crippen LogP contribution is -2.47. The summed E-state index contributed by atoms with van der Waals surface area (Å²) in [7, 11) is 1.36. The fourth-order valence-electron chi connectivity index (χ4n) is 1.68. The van der Waals surface area contributed by atoms with E-state index in [2.05, 4.69) is 31.1 Å². The highest BCUT2D eigenvalue weighted by atomic mass is 16.5. The molecule has 19 heavy (non-hydrogen) atoms. The number of ether oxygens (including phenoxy) is 1. The second-order valence-electron chi connectivity index (χ2n) is 5.22. The molecule has 0 fully saturated rings. The molecule has 1 rings (SSSR count). The van der Waals surface area contributed by atoms with E-state index >= 15 is 0 Å². The fraction of sp³-hybridized carbons (Fsp3) is 0.571. The van der Waals surface area contributed by atoms with E-state index in [1.54, 1.807) is 19.1 Å². The Morgan fingerprint density at radius 1 is 1.53 bits per heavy atom. The molecule has 0 saturated carbocycles. The molecule has 0 aliphatic rings. The molecule has 0 bridgehead atoms. The summed E-state index contributed by atoms with van der Waals surface area (Å²) >= 11 is 0. The van der Waals surface area contributed by atoms with Gasteiger partial charge in [-0.15, -0.1) is 0 Å². The number of aryl methyl sites for hydroxylation is 1. The second kappa shape index (κ2) is 6.02. The lowest BCUT2D eigenvalue weighted by atomic mass is 9.88. The van der Waals surface area contributed by atoms with Crippen LogP contribution in [0.1, 0.15) is 36.8 Å². The molecular formula is C14H23N3O2. The summed E-state index contributed by atoms with van der Waals surface area (Å²) < 4.78 is 4.70. The summed E-state index contributed by atoms with van der Waals surface area (Å²) in [6.45, 7) is 8.56. The van der Waals surface area contributed by atoms with E-state index in [1.807, 2.05) is 0 Å². The highest BCUT2D eigenvalue weighted by Crippen LogP contribution is 2.21. The van der Waals surface area contributed by atoms with Gasteiger partial charge in [0, 0.05) is 6.54 Å². The summed E-state index contributed by atoms with van der Waals surface area (Å²) in [6, 6.07) is 3.49. The van der Waals surface area contributed by atoms with Crippen molar-refractivity contribution in [3.63, 3.8) is 0 Å². The number of aromatic nitrogens is 1. The lowest BCUT2D eigenvalue weighted by Gasteiger charge is -2.34. The van der Waals surface area contributed by atoms with E-state index in [4.69, 9.17) is 10.5 Å². The maximum atomic E-state index is 11.5. The molecule has 1 aromatic rings. The zero-order valence-corrected chi connectivity index (χ0v) is 12.3. The largest absolute Gasteiger partial charge is 0.465 e. The number of nitrogens with two attached hydrogens (primary N) is 1. The molecule has 106 valence electrons. The summed E-state index contributed by atoms with van der Waals surface area (Å²) in [5.74, 6) is 0.702. The molecule has 1 atom stereocenters. The smallest absolute Gasteiger partial charge is 0.339 e. The van der Waals surface area contributed by atoms with Gasteiger partial charge in [-0.2, -0.15) is 0 Å². The van der Waals surface area contributed by atoms with Crippen molar-refractivity contribution < 1.29 is 9.53 Å². The number of carbonyl (C=O) groups excluding carboxylic acids is 1. The Labute approximate surface area is 114 Å². The third-order valence-electron chi connectivity index (χ3n) is 3.60. The third kappa shape index (κ3) is 3.44. The van der Waals surface area contributed by atoms with Crippen molar-refractivity contribution in [2.24, 2.45) is 11.7 Å². The maximum Gasteiger partial charge on any atom is 0.339 e. The maximum absolute atomic E-state index is 11.5. The van der Waals surface area contributed by atoms with Crippen molar-refractivity contribution in [3.05, 3.63) is 23.4 Å². The predicted molar refractivity (Wildman–Crippen MR) is 76.2 cm³/mol. The number of pyridine rings is 1. The first-order valence-electron chi connectivity index (χ1n) is 6.38. The number of carbonyl (C=O) groups is 1. The van der Waals surface area contributed by atoms with Crippen molar-refractivity contribution in [1.29, 1.82) is 0 Å². The number of hydrogen-bond donors (Lipinski definition) is 2. The Kier molecular flexibility index (Phi) is 4.89. The average molecular weight is 265 g/mol. The summed E-state index contributed by atoms with van der Waals surface area (Å²) in [4.78, 5) is 15.9. The number of nitrogens with one attached hydrogen (secondary N) is 1. The van der Waals surface area contributed by atoms with Gasteiger partial charge in [0.15, 0.2) is 0 Å². The van der Waals surface area contributed by atoms with Crippen LogP contribution < -0.4 is 11.1 Å². The van der Waals surface area contributed by atoms with E-state index in [0.29, 0.717) is 29.5 Å². The van der Waals surface area contributed by atoms with Gasteiger partial charge in [-0.25, -0.2) is 9.78 Å². The quantitative estimate of drug-likeness (QED) is 0.796. The molecule has 0 aromatic carbocycles. The topological polar surface area (TPSA) is 77.2 Å².